The SMILES string of the molecule is Cc1c(C)c2c(c(C)c1O)CCC(C)(C(=O)NC(C)(C)C)O2. The molecule has 2 rings (SSSR count). The summed E-state index contributed by atoms with van der Waals surface area (Å²) in [6, 6.07) is 0. The fourth-order valence-electron chi connectivity index (χ4n) is 2.88. The Hall–Kier alpha value is -1.71. The number of phenolic OH excluding ortho intramolecular Hbond substituents is 1. The standard InChI is InChI=1S/C18H27NO3/c1-10-11(2)15-13(12(3)14(10)20)8-9-18(7,22-15)16(21)19-17(4,5)6/h20H,8-9H2,1-7H3,(H,19,21). The number of hydrogen-bond acceptors (Lipinski definition) is 3. The second-order valence-electron chi connectivity index (χ2n) is 7.57. The third-order valence-corrected chi connectivity index (χ3v) is 4.49. The molecule has 0 radical (unpaired) electrons. The molecule has 0 bridgehead atoms. The second kappa shape index (κ2) is 5.18. The molecule has 2 N–H and O–H groups in total. The van der Waals surface area contributed by atoms with E-state index in [0.717, 1.165) is 34.4 Å². The molecular formula is C18H27NO3. The van der Waals surface area contributed by atoms with Gasteiger partial charge in [0.1, 0.15) is 11.5 Å². The van der Waals surface area contributed by atoms with Crippen molar-refractivity contribution in [3.05, 3.63) is 22.3 Å². The quantitative estimate of drug-likeness (QED) is 0.837. The third-order valence-electron chi connectivity index (χ3n) is 4.49. The summed E-state index contributed by atoms with van der Waals surface area (Å²) in [6.07, 6.45) is 1.33. The lowest BCUT2D eigenvalue weighted by Gasteiger charge is -2.38. The van der Waals surface area contributed by atoms with Gasteiger partial charge in [-0.15, -0.1) is 0 Å². The van der Waals surface area contributed by atoms with E-state index in [4.69, 9.17) is 4.74 Å². The van der Waals surface area contributed by atoms with Crippen LogP contribution in [0.4, 0.5) is 0 Å². The minimum Gasteiger partial charge on any atom is -0.507 e. The molecule has 22 heavy (non-hydrogen) atoms. The summed E-state index contributed by atoms with van der Waals surface area (Å²) in [6.45, 7) is 13.4. The minimum absolute atomic E-state index is 0.0894. The number of nitrogens with one attached hydrogen (secondary N) is 1. The van der Waals surface area contributed by atoms with Crippen molar-refractivity contribution in [3.63, 3.8) is 0 Å². The Bertz CT molecular complexity index is 628. The summed E-state index contributed by atoms with van der Waals surface area (Å²) in [7, 11) is 0. The maximum Gasteiger partial charge on any atom is 0.264 e. The first kappa shape index (κ1) is 16.7. The molecule has 0 saturated carbocycles. The zero-order chi connectivity index (χ0) is 16.9. The van der Waals surface area contributed by atoms with E-state index in [0.29, 0.717) is 12.2 Å². The van der Waals surface area contributed by atoms with Crippen LogP contribution in [-0.4, -0.2) is 22.2 Å². The molecule has 0 spiro atoms. The number of carbonyl (C=O) groups excluding carboxylic acids is 1. The van der Waals surface area contributed by atoms with Gasteiger partial charge in [-0.2, -0.15) is 0 Å². The summed E-state index contributed by atoms with van der Waals surface area (Å²) < 4.78 is 6.15. The van der Waals surface area contributed by atoms with Crippen molar-refractivity contribution in [2.45, 2.75) is 72.4 Å². The van der Waals surface area contributed by atoms with Crippen LogP contribution in [0.15, 0.2) is 0 Å². The predicted octanol–water partition coefficient (Wildman–Crippen LogP) is 3.32. The number of fused-ring (bicyclic) bond motifs is 1. The summed E-state index contributed by atoms with van der Waals surface area (Å²) >= 11 is 0. The number of benzene rings is 1. The van der Waals surface area contributed by atoms with Crippen LogP contribution in [-0.2, 0) is 11.2 Å². The molecule has 4 heteroatoms. The number of carbonyl (C=O) groups is 1. The van der Waals surface area contributed by atoms with Gasteiger partial charge in [0, 0.05) is 17.5 Å². The normalized spacial score (nSPS) is 21.0. The van der Waals surface area contributed by atoms with Gasteiger partial charge in [-0.3, -0.25) is 4.79 Å². The van der Waals surface area contributed by atoms with Gasteiger partial charge >= 0.3 is 0 Å². The Morgan fingerprint density at radius 1 is 1.18 bits per heavy atom. The van der Waals surface area contributed by atoms with Crippen LogP contribution in [0.5, 0.6) is 11.5 Å². The van der Waals surface area contributed by atoms with E-state index < -0.39 is 5.60 Å². The van der Waals surface area contributed by atoms with Gasteiger partial charge in [0.05, 0.1) is 0 Å². The Kier molecular flexibility index (Phi) is 3.92. The first-order valence-corrected chi connectivity index (χ1v) is 7.79. The van der Waals surface area contributed by atoms with Crippen LogP contribution < -0.4 is 10.1 Å². The van der Waals surface area contributed by atoms with Gasteiger partial charge in [0.15, 0.2) is 5.60 Å². The molecule has 1 amide bonds. The molecule has 4 nitrogen and oxygen atoms in total. The molecule has 1 heterocycles. The maximum atomic E-state index is 12.6. The van der Waals surface area contributed by atoms with Crippen LogP contribution in [0.3, 0.4) is 0 Å². The number of hydrogen-bond donors (Lipinski definition) is 2. The first-order chi connectivity index (χ1) is 9.96. The van der Waals surface area contributed by atoms with E-state index >= 15 is 0 Å². The predicted molar refractivity (Wildman–Crippen MR) is 87.6 cm³/mol. The molecule has 0 aromatic heterocycles. The molecule has 1 aromatic rings. The van der Waals surface area contributed by atoms with E-state index in [1.54, 1.807) is 0 Å². The fourth-order valence-corrected chi connectivity index (χ4v) is 2.88. The van der Waals surface area contributed by atoms with Crippen molar-refractivity contribution in [1.29, 1.82) is 0 Å². The number of aromatic hydroxyl groups is 1. The van der Waals surface area contributed by atoms with Crippen molar-refractivity contribution >= 4 is 5.91 Å². The van der Waals surface area contributed by atoms with Crippen LogP contribution in [0, 0.1) is 20.8 Å². The zero-order valence-corrected chi connectivity index (χ0v) is 14.7. The van der Waals surface area contributed by atoms with Crippen LogP contribution in [0.1, 0.15) is 56.4 Å². The van der Waals surface area contributed by atoms with E-state index in [1.807, 2.05) is 48.5 Å². The highest BCUT2D eigenvalue weighted by Gasteiger charge is 2.41. The third kappa shape index (κ3) is 2.79. The van der Waals surface area contributed by atoms with Gasteiger partial charge in [0.25, 0.3) is 5.91 Å². The monoisotopic (exact) mass is 305 g/mol. The van der Waals surface area contributed by atoms with Gasteiger partial charge < -0.3 is 15.2 Å². The maximum absolute atomic E-state index is 12.6. The smallest absolute Gasteiger partial charge is 0.264 e. The fraction of sp³-hybridized carbons (Fsp3) is 0.611. The molecule has 1 unspecified atom stereocenters. The van der Waals surface area contributed by atoms with Gasteiger partial charge in [0.2, 0.25) is 0 Å². The second-order valence-corrected chi connectivity index (χ2v) is 7.57. The van der Waals surface area contributed by atoms with E-state index in [1.165, 1.54) is 0 Å². The Morgan fingerprint density at radius 3 is 2.32 bits per heavy atom. The first-order valence-electron chi connectivity index (χ1n) is 7.79. The van der Waals surface area contributed by atoms with Crippen molar-refractivity contribution < 1.29 is 14.6 Å². The molecular weight excluding hydrogens is 278 g/mol. The van der Waals surface area contributed by atoms with E-state index in [2.05, 4.69) is 5.32 Å². The van der Waals surface area contributed by atoms with Crippen LogP contribution in [0.2, 0.25) is 0 Å². The molecule has 0 saturated heterocycles. The van der Waals surface area contributed by atoms with Crippen molar-refractivity contribution in [1.82, 2.24) is 5.32 Å². The Balaban J connectivity index is 2.41. The minimum atomic E-state index is -0.874. The molecule has 122 valence electrons. The summed E-state index contributed by atoms with van der Waals surface area (Å²) in [5.74, 6) is 1.00. The van der Waals surface area contributed by atoms with E-state index in [-0.39, 0.29) is 11.4 Å². The largest absolute Gasteiger partial charge is 0.507 e. The number of amides is 1. The van der Waals surface area contributed by atoms with Crippen LogP contribution >= 0.6 is 0 Å². The lowest BCUT2D eigenvalue weighted by molar-refractivity contribution is -0.138. The molecule has 1 aliphatic rings. The topological polar surface area (TPSA) is 58.6 Å². The molecule has 1 aliphatic heterocycles. The Morgan fingerprint density at radius 2 is 1.77 bits per heavy atom. The highest BCUT2D eigenvalue weighted by molar-refractivity contribution is 5.86. The number of rotatable bonds is 1. The van der Waals surface area contributed by atoms with Crippen molar-refractivity contribution in [2.24, 2.45) is 0 Å². The van der Waals surface area contributed by atoms with Gasteiger partial charge in [-0.1, -0.05) is 0 Å². The van der Waals surface area contributed by atoms with Crippen LogP contribution in [0.25, 0.3) is 0 Å². The number of phenols is 1. The summed E-state index contributed by atoms with van der Waals surface area (Å²) in [5.41, 5.74) is 2.43. The molecule has 1 aromatic carbocycles. The molecule has 1 atom stereocenters. The lowest BCUT2D eigenvalue weighted by atomic mass is 9.86. The zero-order valence-electron chi connectivity index (χ0n) is 14.7. The van der Waals surface area contributed by atoms with Gasteiger partial charge in [-0.05, 0) is 71.6 Å². The Labute approximate surface area is 132 Å². The van der Waals surface area contributed by atoms with Crippen molar-refractivity contribution in [2.75, 3.05) is 0 Å². The average Bonchev–Trinajstić information content (AvgIpc) is 2.41. The lowest BCUT2D eigenvalue weighted by Crippen LogP contribution is -2.55. The highest BCUT2D eigenvalue weighted by atomic mass is 16.5. The molecule has 0 aliphatic carbocycles. The van der Waals surface area contributed by atoms with E-state index in [9.17, 15) is 9.90 Å². The summed E-state index contributed by atoms with van der Waals surface area (Å²) in [5, 5.41) is 13.2. The van der Waals surface area contributed by atoms with Crippen molar-refractivity contribution in [3.8, 4) is 11.5 Å². The number of ether oxygens (including phenoxy) is 1. The highest BCUT2D eigenvalue weighted by Crippen LogP contribution is 2.43. The molecule has 0 fully saturated rings. The average molecular weight is 305 g/mol. The summed E-state index contributed by atoms with van der Waals surface area (Å²) in [4.78, 5) is 12.6. The van der Waals surface area contributed by atoms with Gasteiger partial charge in [-0.25, -0.2) is 0 Å².